The van der Waals surface area contributed by atoms with E-state index in [0.717, 1.165) is 11.4 Å². The Bertz CT molecular complexity index is 353. The van der Waals surface area contributed by atoms with E-state index in [1.54, 1.807) is 16.8 Å². The van der Waals surface area contributed by atoms with Crippen LogP contribution in [0.2, 0.25) is 0 Å². The van der Waals surface area contributed by atoms with Crippen LogP contribution in [0.15, 0.2) is 16.3 Å². The average Bonchev–Trinajstić information content (AvgIpc) is 2.75. The minimum absolute atomic E-state index is 0.706. The molecule has 0 aliphatic heterocycles. The zero-order chi connectivity index (χ0) is 8.39. The molecule has 0 aliphatic rings. The highest BCUT2D eigenvalue weighted by Gasteiger charge is 2.03. The van der Waals surface area contributed by atoms with Gasteiger partial charge < -0.3 is 0 Å². The van der Waals surface area contributed by atoms with E-state index in [4.69, 9.17) is 5.84 Å². The highest BCUT2D eigenvalue weighted by atomic mass is 32.1. The van der Waals surface area contributed by atoms with E-state index in [-0.39, 0.29) is 0 Å². The Morgan fingerprint density at radius 2 is 2.25 bits per heavy atom. The quantitative estimate of drug-likeness (QED) is 0.567. The number of nitrogens with zero attached hydrogens (tertiary/aromatic N) is 2. The lowest BCUT2D eigenvalue weighted by molar-refractivity contribution is 1.27. The van der Waals surface area contributed by atoms with Crippen molar-refractivity contribution in [2.75, 3.05) is 5.43 Å². The van der Waals surface area contributed by atoms with Crippen LogP contribution in [0.1, 0.15) is 0 Å². The van der Waals surface area contributed by atoms with Crippen molar-refractivity contribution >= 4 is 27.8 Å². The zero-order valence-corrected chi connectivity index (χ0v) is 7.65. The molecule has 0 unspecified atom stereocenters. The van der Waals surface area contributed by atoms with Gasteiger partial charge in [-0.05, 0) is 0 Å². The van der Waals surface area contributed by atoms with Crippen molar-refractivity contribution in [3.05, 3.63) is 16.3 Å². The van der Waals surface area contributed by atoms with Gasteiger partial charge in [-0.15, -0.1) is 22.7 Å². The van der Waals surface area contributed by atoms with Crippen molar-refractivity contribution in [2.24, 2.45) is 5.84 Å². The number of hydrazine groups is 1. The number of thiazole rings is 2. The molecule has 2 aromatic heterocycles. The number of rotatable bonds is 2. The van der Waals surface area contributed by atoms with Crippen LogP contribution < -0.4 is 11.3 Å². The van der Waals surface area contributed by atoms with E-state index < -0.39 is 0 Å². The highest BCUT2D eigenvalue weighted by molar-refractivity contribution is 7.14. The lowest BCUT2D eigenvalue weighted by Crippen LogP contribution is -2.05. The number of nitrogens with two attached hydrogens (primary N) is 1. The van der Waals surface area contributed by atoms with Gasteiger partial charge >= 0.3 is 0 Å². The molecular weight excluding hydrogens is 192 g/mol. The zero-order valence-electron chi connectivity index (χ0n) is 6.02. The van der Waals surface area contributed by atoms with Gasteiger partial charge in [0.2, 0.25) is 0 Å². The summed E-state index contributed by atoms with van der Waals surface area (Å²) in [7, 11) is 0. The van der Waals surface area contributed by atoms with Gasteiger partial charge in [-0.25, -0.2) is 15.8 Å². The first kappa shape index (κ1) is 7.66. The SMILES string of the molecule is NNc1nc(-c2cscn2)cs1. The predicted octanol–water partition coefficient (Wildman–Crippen LogP) is 1.55. The molecule has 0 amide bonds. The average molecular weight is 198 g/mol. The van der Waals surface area contributed by atoms with Crippen molar-refractivity contribution < 1.29 is 0 Å². The summed E-state index contributed by atoms with van der Waals surface area (Å²) in [6, 6.07) is 0. The van der Waals surface area contributed by atoms with Gasteiger partial charge in [0.05, 0.1) is 5.51 Å². The summed E-state index contributed by atoms with van der Waals surface area (Å²) in [6.45, 7) is 0. The minimum Gasteiger partial charge on any atom is -0.300 e. The van der Waals surface area contributed by atoms with Crippen LogP contribution in [-0.4, -0.2) is 9.97 Å². The van der Waals surface area contributed by atoms with Crippen LogP contribution >= 0.6 is 22.7 Å². The smallest absolute Gasteiger partial charge is 0.197 e. The van der Waals surface area contributed by atoms with Gasteiger partial charge in [0.15, 0.2) is 5.13 Å². The number of aromatic nitrogens is 2. The molecule has 6 heteroatoms. The lowest BCUT2D eigenvalue weighted by Gasteiger charge is -1.88. The summed E-state index contributed by atoms with van der Waals surface area (Å²) in [5, 5.41) is 4.58. The van der Waals surface area contributed by atoms with Gasteiger partial charge in [0, 0.05) is 10.8 Å². The summed E-state index contributed by atoms with van der Waals surface area (Å²) in [4.78, 5) is 8.33. The van der Waals surface area contributed by atoms with Crippen LogP contribution in [0, 0.1) is 0 Å². The minimum atomic E-state index is 0.706. The third-order valence-corrected chi connectivity index (χ3v) is 2.68. The normalized spacial score (nSPS) is 10.1. The van der Waals surface area contributed by atoms with E-state index in [0.29, 0.717) is 5.13 Å². The van der Waals surface area contributed by atoms with E-state index in [1.165, 1.54) is 11.3 Å². The molecule has 0 atom stereocenters. The second-order valence-corrected chi connectivity index (χ2v) is 3.63. The van der Waals surface area contributed by atoms with E-state index >= 15 is 0 Å². The van der Waals surface area contributed by atoms with Gasteiger partial charge in [-0.1, -0.05) is 0 Å². The number of hydrogen-bond acceptors (Lipinski definition) is 6. The highest BCUT2D eigenvalue weighted by Crippen LogP contribution is 2.23. The summed E-state index contributed by atoms with van der Waals surface area (Å²) < 4.78 is 0. The summed E-state index contributed by atoms with van der Waals surface area (Å²) in [5.41, 5.74) is 6.04. The second-order valence-electron chi connectivity index (χ2n) is 2.06. The second kappa shape index (κ2) is 3.18. The van der Waals surface area contributed by atoms with Crippen molar-refractivity contribution in [1.29, 1.82) is 0 Å². The molecule has 62 valence electrons. The number of nitrogen functional groups attached to an aromatic ring is 1. The molecule has 0 aromatic carbocycles. The molecule has 0 saturated carbocycles. The Morgan fingerprint density at radius 1 is 1.33 bits per heavy atom. The Labute approximate surface area is 77.1 Å². The third kappa shape index (κ3) is 1.31. The number of hydrogen-bond donors (Lipinski definition) is 2. The van der Waals surface area contributed by atoms with Gasteiger partial charge in [0.1, 0.15) is 11.4 Å². The van der Waals surface area contributed by atoms with Gasteiger partial charge in [0.25, 0.3) is 0 Å². The Hall–Kier alpha value is -0.980. The molecule has 2 rings (SSSR count). The molecule has 12 heavy (non-hydrogen) atoms. The van der Waals surface area contributed by atoms with Crippen molar-refractivity contribution in [3.8, 4) is 11.4 Å². The maximum absolute atomic E-state index is 5.20. The van der Waals surface area contributed by atoms with E-state index in [2.05, 4.69) is 15.4 Å². The van der Waals surface area contributed by atoms with Crippen LogP contribution in [0.5, 0.6) is 0 Å². The molecule has 0 saturated heterocycles. The van der Waals surface area contributed by atoms with Crippen LogP contribution in [0.25, 0.3) is 11.4 Å². The molecule has 3 N–H and O–H groups in total. The van der Waals surface area contributed by atoms with Crippen LogP contribution in [0.4, 0.5) is 5.13 Å². The monoisotopic (exact) mass is 198 g/mol. The predicted molar refractivity (Wildman–Crippen MR) is 51.0 cm³/mol. The fraction of sp³-hybridized carbons (Fsp3) is 0. The van der Waals surface area contributed by atoms with E-state index in [1.807, 2.05) is 10.8 Å². The summed E-state index contributed by atoms with van der Waals surface area (Å²) in [6.07, 6.45) is 0. The van der Waals surface area contributed by atoms with Crippen molar-refractivity contribution in [2.45, 2.75) is 0 Å². The first-order valence-corrected chi connectivity index (χ1v) is 5.03. The Kier molecular flexibility index (Phi) is 2.03. The molecule has 2 aromatic rings. The topological polar surface area (TPSA) is 63.8 Å². The Balaban J connectivity index is 2.35. The van der Waals surface area contributed by atoms with Gasteiger partial charge in [-0.3, -0.25) is 5.43 Å². The maximum Gasteiger partial charge on any atom is 0.197 e. The molecule has 0 fully saturated rings. The molecule has 0 bridgehead atoms. The Morgan fingerprint density at radius 3 is 2.83 bits per heavy atom. The molecule has 0 spiro atoms. The largest absolute Gasteiger partial charge is 0.300 e. The first-order valence-electron chi connectivity index (χ1n) is 3.21. The third-order valence-electron chi connectivity index (χ3n) is 1.32. The molecular formula is C6H6N4S2. The van der Waals surface area contributed by atoms with E-state index in [9.17, 15) is 0 Å². The van der Waals surface area contributed by atoms with Crippen LogP contribution in [0.3, 0.4) is 0 Å². The molecule has 4 nitrogen and oxygen atoms in total. The molecule has 0 radical (unpaired) electrons. The van der Waals surface area contributed by atoms with Gasteiger partial charge in [-0.2, -0.15) is 0 Å². The van der Waals surface area contributed by atoms with Crippen molar-refractivity contribution in [3.63, 3.8) is 0 Å². The maximum atomic E-state index is 5.20. The summed E-state index contributed by atoms with van der Waals surface area (Å²) >= 11 is 3.02. The lowest BCUT2D eigenvalue weighted by atomic mass is 10.4. The summed E-state index contributed by atoms with van der Waals surface area (Å²) in [5.74, 6) is 5.20. The molecule has 0 aliphatic carbocycles. The van der Waals surface area contributed by atoms with Crippen LogP contribution in [-0.2, 0) is 0 Å². The number of nitrogens with one attached hydrogen (secondary N) is 1. The first-order chi connectivity index (χ1) is 5.90. The fourth-order valence-corrected chi connectivity index (χ4v) is 1.96. The number of anilines is 1. The molecule has 2 heterocycles. The fourth-order valence-electron chi connectivity index (χ4n) is 0.797. The van der Waals surface area contributed by atoms with Crippen molar-refractivity contribution in [1.82, 2.24) is 9.97 Å². The standard InChI is InChI=1S/C6H6N4S2/c7-10-6-9-5(2-12-6)4-1-11-3-8-4/h1-3H,7H2,(H,9,10).